The van der Waals surface area contributed by atoms with Crippen LogP contribution >= 0.6 is 11.6 Å². The van der Waals surface area contributed by atoms with Gasteiger partial charge in [0.15, 0.2) is 11.6 Å². The van der Waals surface area contributed by atoms with Crippen molar-refractivity contribution in [2.75, 3.05) is 0 Å². The summed E-state index contributed by atoms with van der Waals surface area (Å²) in [5, 5.41) is 10.5. The number of phenolic OH excluding ortho intramolecular Hbond substituents is 1. The van der Waals surface area contributed by atoms with Gasteiger partial charge in [-0.15, -0.1) is 0 Å². The van der Waals surface area contributed by atoms with Crippen molar-refractivity contribution in [1.29, 1.82) is 0 Å². The number of ketones is 2. The highest BCUT2D eigenvalue weighted by molar-refractivity contribution is 6.30. The molecule has 1 aromatic heterocycles. The molecule has 0 radical (unpaired) electrons. The van der Waals surface area contributed by atoms with Gasteiger partial charge in [0.05, 0.1) is 5.69 Å². The van der Waals surface area contributed by atoms with Crippen LogP contribution in [0.2, 0.25) is 5.02 Å². The summed E-state index contributed by atoms with van der Waals surface area (Å²) >= 11 is 5.84. The fraction of sp³-hybridized carbons (Fsp3) is 0.250. The second-order valence-electron chi connectivity index (χ2n) is 5.00. The van der Waals surface area contributed by atoms with E-state index in [4.69, 9.17) is 11.6 Å². The number of phenols is 1. The Bertz CT molecular complexity index is 722. The number of aromatic nitrogens is 1. The summed E-state index contributed by atoms with van der Waals surface area (Å²) in [4.78, 5) is 23.8. The van der Waals surface area contributed by atoms with E-state index in [1.54, 1.807) is 30.5 Å². The molecule has 4 nitrogen and oxygen atoms in total. The van der Waals surface area contributed by atoms with Gasteiger partial charge in [0.1, 0.15) is 5.75 Å². The largest absolute Gasteiger partial charge is 0.506 e. The topological polar surface area (TPSA) is 59.3 Å². The molecule has 0 saturated heterocycles. The summed E-state index contributed by atoms with van der Waals surface area (Å²) in [6.45, 7) is 6.37. The molecular formula is C16H16ClNO3. The number of rotatable bonds is 3. The number of nitrogens with zero attached hydrogens (tertiary/aromatic N) is 1. The Morgan fingerprint density at radius 3 is 1.90 bits per heavy atom. The van der Waals surface area contributed by atoms with Crippen LogP contribution in [0, 0.1) is 13.8 Å². The molecule has 2 aromatic rings. The second kappa shape index (κ2) is 5.37. The van der Waals surface area contributed by atoms with Crippen LogP contribution in [0.3, 0.4) is 0 Å². The number of aromatic hydroxyl groups is 1. The lowest BCUT2D eigenvalue weighted by molar-refractivity contribution is 0.0981. The van der Waals surface area contributed by atoms with Crippen molar-refractivity contribution >= 4 is 23.2 Å². The molecular weight excluding hydrogens is 290 g/mol. The van der Waals surface area contributed by atoms with Gasteiger partial charge in [0, 0.05) is 33.6 Å². The molecule has 0 fully saturated rings. The predicted molar refractivity (Wildman–Crippen MR) is 81.9 cm³/mol. The van der Waals surface area contributed by atoms with Gasteiger partial charge in [-0.25, -0.2) is 0 Å². The van der Waals surface area contributed by atoms with Crippen molar-refractivity contribution in [2.45, 2.75) is 27.7 Å². The summed E-state index contributed by atoms with van der Waals surface area (Å²) in [7, 11) is 0. The lowest BCUT2D eigenvalue weighted by Crippen LogP contribution is -2.02. The standard InChI is InChI=1S/C16H16ClNO3/c1-8-15(10(3)19)16(11(4)20)9(2)18(8)13-6-5-12(17)7-14(13)21/h5-7,21H,1-4H3. The molecule has 110 valence electrons. The second-order valence-corrected chi connectivity index (χ2v) is 5.44. The Morgan fingerprint density at radius 2 is 1.52 bits per heavy atom. The fourth-order valence-corrected chi connectivity index (χ4v) is 2.91. The maximum atomic E-state index is 11.9. The molecule has 0 spiro atoms. The van der Waals surface area contributed by atoms with Crippen molar-refractivity contribution in [3.8, 4) is 11.4 Å². The van der Waals surface area contributed by atoms with E-state index in [-0.39, 0.29) is 17.3 Å². The van der Waals surface area contributed by atoms with Gasteiger partial charge < -0.3 is 9.67 Å². The van der Waals surface area contributed by atoms with E-state index in [0.717, 1.165) is 0 Å². The molecule has 1 aromatic carbocycles. The maximum absolute atomic E-state index is 11.9. The number of benzene rings is 1. The predicted octanol–water partition coefficient (Wildman–Crippen LogP) is 3.86. The van der Waals surface area contributed by atoms with Gasteiger partial charge in [-0.2, -0.15) is 0 Å². The minimum Gasteiger partial charge on any atom is -0.506 e. The van der Waals surface area contributed by atoms with E-state index in [1.807, 2.05) is 0 Å². The minimum absolute atomic E-state index is 0.00564. The zero-order valence-corrected chi connectivity index (χ0v) is 13.1. The highest BCUT2D eigenvalue weighted by Crippen LogP contribution is 2.32. The van der Waals surface area contributed by atoms with Crippen LogP contribution in [0.4, 0.5) is 0 Å². The van der Waals surface area contributed by atoms with Crippen molar-refractivity contribution in [2.24, 2.45) is 0 Å². The van der Waals surface area contributed by atoms with Crippen LogP contribution in [-0.2, 0) is 0 Å². The van der Waals surface area contributed by atoms with Gasteiger partial charge >= 0.3 is 0 Å². The maximum Gasteiger partial charge on any atom is 0.162 e. The first kappa shape index (κ1) is 15.3. The molecule has 0 aliphatic heterocycles. The Labute approximate surface area is 128 Å². The van der Waals surface area contributed by atoms with Gasteiger partial charge in [0.25, 0.3) is 0 Å². The lowest BCUT2D eigenvalue weighted by Gasteiger charge is -2.12. The average Bonchev–Trinajstić information content (AvgIpc) is 2.62. The van der Waals surface area contributed by atoms with E-state index in [2.05, 4.69) is 0 Å². The molecule has 21 heavy (non-hydrogen) atoms. The molecule has 1 N–H and O–H groups in total. The van der Waals surface area contributed by atoms with Gasteiger partial charge in [-0.3, -0.25) is 9.59 Å². The number of hydrogen-bond donors (Lipinski definition) is 1. The van der Waals surface area contributed by atoms with Crippen LogP contribution in [0.1, 0.15) is 46.0 Å². The first-order valence-electron chi connectivity index (χ1n) is 6.48. The average molecular weight is 306 g/mol. The number of Topliss-reactive ketones (excluding diaryl/α,β-unsaturated/α-hetero) is 2. The number of hydrogen-bond acceptors (Lipinski definition) is 3. The molecule has 0 unspecified atom stereocenters. The number of carbonyl (C=O) groups excluding carboxylic acids is 2. The van der Waals surface area contributed by atoms with E-state index in [1.165, 1.54) is 19.9 Å². The van der Waals surface area contributed by atoms with Crippen molar-refractivity contribution in [3.63, 3.8) is 0 Å². The van der Waals surface area contributed by atoms with E-state index < -0.39 is 0 Å². The van der Waals surface area contributed by atoms with Gasteiger partial charge in [-0.05, 0) is 39.8 Å². The lowest BCUT2D eigenvalue weighted by atomic mass is 10.0. The van der Waals surface area contributed by atoms with Crippen molar-refractivity contribution in [3.05, 3.63) is 45.7 Å². The number of carbonyl (C=O) groups is 2. The third kappa shape index (κ3) is 2.47. The summed E-state index contributed by atoms with van der Waals surface area (Å²) in [6, 6.07) is 4.73. The van der Waals surface area contributed by atoms with Crippen LogP contribution in [-0.4, -0.2) is 21.2 Å². The van der Waals surface area contributed by atoms with Crippen LogP contribution in [0.25, 0.3) is 5.69 Å². The van der Waals surface area contributed by atoms with E-state index in [0.29, 0.717) is 33.2 Å². The molecule has 0 amide bonds. The monoisotopic (exact) mass is 305 g/mol. The zero-order chi connectivity index (χ0) is 15.9. The molecule has 0 atom stereocenters. The Kier molecular flexibility index (Phi) is 3.92. The van der Waals surface area contributed by atoms with Gasteiger partial charge in [-0.1, -0.05) is 11.6 Å². The fourth-order valence-electron chi connectivity index (χ4n) is 2.75. The quantitative estimate of drug-likeness (QED) is 0.876. The summed E-state index contributed by atoms with van der Waals surface area (Å²) in [5.74, 6) is -0.352. The molecule has 1 heterocycles. The Morgan fingerprint density at radius 1 is 1.05 bits per heavy atom. The summed E-state index contributed by atoms with van der Waals surface area (Å²) in [5.41, 5.74) is 2.54. The Balaban J connectivity index is 2.85. The molecule has 0 aliphatic rings. The minimum atomic E-state index is -0.173. The van der Waals surface area contributed by atoms with E-state index in [9.17, 15) is 14.7 Å². The van der Waals surface area contributed by atoms with Crippen LogP contribution in [0.5, 0.6) is 5.75 Å². The molecule has 2 rings (SSSR count). The first-order chi connectivity index (χ1) is 9.75. The SMILES string of the molecule is CC(=O)c1c(C(C)=O)c(C)n(-c2ccc(Cl)cc2O)c1C. The third-order valence-electron chi connectivity index (χ3n) is 3.53. The summed E-state index contributed by atoms with van der Waals surface area (Å²) < 4.78 is 1.71. The van der Waals surface area contributed by atoms with Crippen LogP contribution in [0.15, 0.2) is 18.2 Å². The highest BCUT2D eigenvalue weighted by atomic mass is 35.5. The molecule has 0 bridgehead atoms. The Hall–Kier alpha value is -2.07. The van der Waals surface area contributed by atoms with Gasteiger partial charge in [0.2, 0.25) is 0 Å². The van der Waals surface area contributed by atoms with Crippen LogP contribution < -0.4 is 0 Å². The van der Waals surface area contributed by atoms with Crippen molar-refractivity contribution in [1.82, 2.24) is 4.57 Å². The number of halogens is 1. The molecule has 0 saturated carbocycles. The first-order valence-corrected chi connectivity index (χ1v) is 6.86. The smallest absolute Gasteiger partial charge is 0.162 e. The third-order valence-corrected chi connectivity index (χ3v) is 3.76. The zero-order valence-electron chi connectivity index (χ0n) is 12.3. The van der Waals surface area contributed by atoms with E-state index >= 15 is 0 Å². The molecule has 0 aliphatic carbocycles. The summed E-state index contributed by atoms with van der Waals surface area (Å²) in [6.07, 6.45) is 0. The highest BCUT2D eigenvalue weighted by Gasteiger charge is 2.25. The van der Waals surface area contributed by atoms with Crippen molar-refractivity contribution < 1.29 is 14.7 Å². The molecule has 5 heteroatoms. The normalized spacial score (nSPS) is 10.7.